The van der Waals surface area contributed by atoms with E-state index in [2.05, 4.69) is 5.32 Å². The summed E-state index contributed by atoms with van der Waals surface area (Å²) in [4.78, 5) is 27.1. The van der Waals surface area contributed by atoms with Crippen LogP contribution in [0.2, 0.25) is 0 Å². The highest BCUT2D eigenvalue weighted by Crippen LogP contribution is 2.14. The number of amides is 2. The zero-order chi connectivity index (χ0) is 20.5. The largest absolute Gasteiger partial charge is 0.484 e. The van der Waals surface area contributed by atoms with Gasteiger partial charge in [0.05, 0.1) is 0 Å². The van der Waals surface area contributed by atoms with Gasteiger partial charge in [-0.3, -0.25) is 9.59 Å². The van der Waals surface area contributed by atoms with E-state index in [1.807, 2.05) is 75.4 Å². The van der Waals surface area contributed by atoms with E-state index in [4.69, 9.17) is 4.74 Å². The first-order valence-corrected chi connectivity index (χ1v) is 9.74. The van der Waals surface area contributed by atoms with Crippen molar-refractivity contribution in [1.29, 1.82) is 0 Å². The van der Waals surface area contributed by atoms with Crippen molar-refractivity contribution in [2.24, 2.45) is 0 Å². The van der Waals surface area contributed by atoms with E-state index >= 15 is 0 Å². The van der Waals surface area contributed by atoms with Crippen LogP contribution in [0.4, 0.5) is 0 Å². The lowest BCUT2D eigenvalue weighted by Crippen LogP contribution is -2.50. The van der Waals surface area contributed by atoms with Crippen LogP contribution in [-0.2, 0) is 16.1 Å². The molecule has 0 saturated heterocycles. The number of nitrogens with zero attached hydrogens (tertiary/aromatic N) is 1. The summed E-state index contributed by atoms with van der Waals surface area (Å²) < 4.78 is 5.68. The van der Waals surface area contributed by atoms with E-state index in [0.717, 1.165) is 17.5 Å². The van der Waals surface area contributed by atoms with Gasteiger partial charge in [-0.15, -0.1) is 0 Å². The van der Waals surface area contributed by atoms with Gasteiger partial charge in [-0.25, -0.2) is 0 Å². The highest BCUT2D eigenvalue weighted by molar-refractivity contribution is 5.88. The topological polar surface area (TPSA) is 58.6 Å². The maximum absolute atomic E-state index is 12.9. The van der Waals surface area contributed by atoms with Crippen molar-refractivity contribution in [2.45, 2.75) is 52.7 Å². The molecule has 0 saturated carbocycles. The molecule has 0 aliphatic heterocycles. The fraction of sp³-hybridized carbons (Fsp3) is 0.391. The van der Waals surface area contributed by atoms with Gasteiger partial charge in [-0.1, -0.05) is 49.4 Å². The minimum atomic E-state index is -0.595. The second-order valence-electron chi connectivity index (χ2n) is 7.11. The van der Waals surface area contributed by atoms with Gasteiger partial charge in [0.2, 0.25) is 5.91 Å². The molecule has 0 aliphatic carbocycles. The van der Waals surface area contributed by atoms with Gasteiger partial charge in [0, 0.05) is 12.6 Å². The van der Waals surface area contributed by atoms with Gasteiger partial charge in [0.25, 0.3) is 5.91 Å². The van der Waals surface area contributed by atoms with E-state index in [1.54, 1.807) is 11.8 Å². The third-order valence-corrected chi connectivity index (χ3v) is 4.72. The SMILES string of the molecule is CCC(C)NC(=O)C(C)N(Cc1ccccc1)C(=O)COc1cccc(C)c1. The molecule has 5 nitrogen and oxygen atoms in total. The first-order valence-electron chi connectivity index (χ1n) is 9.74. The Labute approximate surface area is 167 Å². The van der Waals surface area contributed by atoms with Gasteiger partial charge in [0.1, 0.15) is 11.8 Å². The molecule has 2 unspecified atom stereocenters. The molecule has 1 N–H and O–H groups in total. The highest BCUT2D eigenvalue weighted by atomic mass is 16.5. The lowest BCUT2D eigenvalue weighted by molar-refractivity contribution is -0.142. The van der Waals surface area contributed by atoms with E-state index < -0.39 is 6.04 Å². The van der Waals surface area contributed by atoms with Crippen LogP contribution < -0.4 is 10.1 Å². The van der Waals surface area contributed by atoms with Gasteiger partial charge in [0.15, 0.2) is 6.61 Å². The number of aryl methyl sites for hydroxylation is 1. The fourth-order valence-electron chi connectivity index (χ4n) is 2.76. The van der Waals surface area contributed by atoms with Gasteiger partial charge >= 0.3 is 0 Å². The van der Waals surface area contributed by atoms with E-state index in [1.165, 1.54) is 0 Å². The molecule has 2 aromatic rings. The molecule has 0 aliphatic rings. The molecule has 150 valence electrons. The monoisotopic (exact) mass is 382 g/mol. The Bertz CT molecular complexity index is 776. The van der Waals surface area contributed by atoms with Crippen LogP contribution in [0, 0.1) is 6.92 Å². The number of hydrogen-bond acceptors (Lipinski definition) is 3. The maximum atomic E-state index is 12.9. The normalized spacial score (nSPS) is 12.7. The highest BCUT2D eigenvalue weighted by Gasteiger charge is 2.27. The number of hydrogen-bond donors (Lipinski definition) is 1. The van der Waals surface area contributed by atoms with Crippen molar-refractivity contribution < 1.29 is 14.3 Å². The number of nitrogens with one attached hydrogen (secondary N) is 1. The van der Waals surface area contributed by atoms with Crippen LogP contribution in [0.15, 0.2) is 54.6 Å². The predicted molar refractivity (Wildman–Crippen MR) is 111 cm³/mol. The summed E-state index contributed by atoms with van der Waals surface area (Å²) in [5.41, 5.74) is 2.03. The van der Waals surface area contributed by atoms with Crippen LogP contribution in [0.5, 0.6) is 5.75 Å². The predicted octanol–water partition coefficient (Wildman–Crippen LogP) is 3.71. The maximum Gasteiger partial charge on any atom is 0.261 e. The second kappa shape index (κ2) is 10.5. The quantitative estimate of drug-likeness (QED) is 0.719. The molecular formula is C23H30N2O3. The van der Waals surface area contributed by atoms with E-state index in [9.17, 15) is 9.59 Å². The van der Waals surface area contributed by atoms with Crippen LogP contribution in [0.25, 0.3) is 0 Å². The molecule has 2 aromatic carbocycles. The molecule has 0 bridgehead atoms. The van der Waals surface area contributed by atoms with Crippen molar-refractivity contribution in [3.05, 3.63) is 65.7 Å². The van der Waals surface area contributed by atoms with Gasteiger partial charge < -0.3 is 15.0 Å². The van der Waals surface area contributed by atoms with E-state index in [-0.39, 0.29) is 24.5 Å². The molecule has 0 radical (unpaired) electrons. The minimum absolute atomic E-state index is 0.0622. The zero-order valence-electron chi connectivity index (χ0n) is 17.1. The molecule has 2 rings (SSSR count). The number of carbonyl (C=O) groups excluding carboxylic acids is 2. The Hall–Kier alpha value is -2.82. The minimum Gasteiger partial charge on any atom is -0.484 e. The average Bonchev–Trinajstić information content (AvgIpc) is 2.70. The molecular weight excluding hydrogens is 352 g/mol. The molecule has 0 heterocycles. The molecule has 2 atom stereocenters. The van der Waals surface area contributed by atoms with E-state index in [0.29, 0.717) is 12.3 Å². The lowest BCUT2D eigenvalue weighted by atomic mass is 10.1. The summed E-state index contributed by atoms with van der Waals surface area (Å²) in [7, 11) is 0. The molecule has 0 aromatic heterocycles. The van der Waals surface area contributed by atoms with Crippen molar-refractivity contribution in [3.63, 3.8) is 0 Å². The van der Waals surface area contributed by atoms with Gasteiger partial charge in [-0.2, -0.15) is 0 Å². The third kappa shape index (κ3) is 6.41. The Morgan fingerprint density at radius 3 is 2.43 bits per heavy atom. The number of ether oxygens (including phenoxy) is 1. The van der Waals surface area contributed by atoms with Crippen LogP contribution >= 0.6 is 0 Å². The summed E-state index contributed by atoms with van der Waals surface area (Å²) in [5.74, 6) is 0.260. The van der Waals surface area contributed by atoms with Crippen LogP contribution in [-0.4, -0.2) is 35.4 Å². The molecule has 0 fully saturated rings. The molecule has 28 heavy (non-hydrogen) atoms. The Morgan fingerprint density at radius 1 is 1.07 bits per heavy atom. The standard InChI is InChI=1S/C23H30N2O3/c1-5-18(3)24-23(27)19(4)25(15-20-11-7-6-8-12-20)22(26)16-28-21-13-9-10-17(2)14-21/h6-14,18-19H,5,15-16H2,1-4H3,(H,24,27). The van der Waals surface area contributed by atoms with Crippen molar-refractivity contribution in [1.82, 2.24) is 10.2 Å². The first kappa shape index (κ1) is 21.5. The Morgan fingerprint density at radius 2 is 1.79 bits per heavy atom. The number of rotatable bonds is 9. The summed E-state index contributed by atoms with van der Waals surface area (Å²) in [6.07, 6.45) is 0.835. The third-order valence-electron chi connectivity index (χ3n) is 4.72. The summed E-state index contributed by atoms with van der Waals surface area (Å²) in [5, 5.41) is 2.96. The summed E-state index contributed by atoms with van der Waals surface area (Å²) in [6.45, 7) is 7.93. The van der Waals surface area contributed by atoms with Crippen LogP contribution in [0.1, 0.15) is 38.3 Å². The average molecular weight is 383 g/mol. The van der Waals surface area contributed by atoms with Crippen LogP contribution in [0.3, 0.4) is 0 Å². The molecule has 2 amide bonds. The molecule has 5 heteroatoms. The van der Waals surface area contributed by atoms with Crippen molar-refractivity contribution >= 4 is 11.8 Å². The summed E-state index contributed by atoms with van der Waals surface area (Å²) >= 11 is 0. The number of carbonyl (C=O) groups is 2. The number of benzene rings is 2. The lowest BCUT2D eigenvalue weighted by Gasteiger charge is -2.29. The van der Waals surface area contributed by atoms with Crippen molar-refractivity contribution in [3.8, 4) is 5.75 Å². The smallest absolute Gasteiger partial charge is 0.261 e. The fourth-order valence-corrected chi connectivity index (χ4v) is 2.76. The first-order chi connectivity index (χ1) is 13.4. The van der Waals surface area contributed by atoms with Crippen molar-refractivity contribution in [2.75, 3.05) is 6.61 Å². The Balaban J connectivity index is 2.11. The second-order valence-corrected chi connectivity index (χ2v) is 7.11. The Kier molecular flexibility index (Phi) is 8.05. The van der Waals surface area contributed by atoms with Gasteiger partial charge in [-0.05, 0) is 50.5 Å². The molecule has 0 spiro atoms. The summed E-state index contributed by atoms with van der Waals surface area (Å²) in [6, 6.07) is 16.7. The zero-order valence-corrected chi connectivity index (χ0v) is 17.1.